The third kappa shape index (κ3) is 3.45. The second-order valence-corrected chi connectivity index (χ2v) is 3.95. The molecular weight excluding hydrogens is 156 g/mol. The summed E-state index contributed by atoms with van der Waals surface area (Å²) in [4.78, 5) is 0. The van der Waals surface area contributed by atoms with Crippen molar-refractivity contribution in [2.75, 3.05) is 0 Å². The van der Waals surface area contributed by atoms with Gasteiger partial charge in [0, 0.05) is 0 Å². The molecular formula is C13H18. The van der Waals surface area contributed by atoms with E-state index in [0.29, 0.717) is 0 Å². The van der Waals surface area contributed by atoms with Gasteiger partial charge in [0.25, 0.3) is 0 Å². The number of benzene rings is 1. The van der Waals surface area contributed by atoms with E-state index in [4.69, 9.17) is 0 Å². The van der Waals surface area contributed by atoms with Gasteiger partial charge in [-0.15, -0.1) is 6.58 Å². The van der Waals surface area contributed by atoms with Gasteiger partial charge in [-0.2, -0.15) is 0 Å². The Morgan fingerprint density at radius 2 is 1.69 bits per heavy atom. The normalized spacial score (nSPS) is 10.1. The van der Waals surface area contributed by atoms with Gasteiger partial charge in [-0.25, -0.2) is 0 Å². The smallest absolute Gasteiger partial charge is 0.0241 e. The van der Waals surface area contributed by atoms with Crippen LogP contribution in [0.2, 0.25) is 0 Å². The lowest BCUT2D eigenvalue weighted by Gasteiger charge is -2.04. The molecule has 1 aromatic rings. The molecule has 0 aliphatic heterocycles. The minimum atomic E-state index is 1.10. The molecule has 0 amide bonds. The summed E-state index contributed by atoms with van der Waals surface area (Å²) in [5.41, 5.74) is 5.41. The molecule has 70 valence electrons. The van der Waals surface area contributed by atoms with Gasteiger partial charge < -0.3 is 0 Å². The third-order valence-electron chi connectivity index (χ3n) is 2.12. The fraction of sp³-hybridized carbons (Fsp3) is 0.385. The maximum Gasteiger partial charge on any atom is -0.0241 e. The predicted octanol–water partition coefficient (Wildman–Crippen LogP) is 3.81. The van der Waals surface area contributed by atoms with Crippen molar-refractivity contribution in [3.63, 3.8) is 0 Å². The van der Waals surface area contributed by atoms with Gasteiger partial charge in [-0.05, 0) is 39.2 Å². The SMILES string of the molecule is C=C(C)CCc1cc(C)cc(C)c1. The summed E-state index contributed by atoms with van der Waals surface area (Å²) >= 11 is 0. The average molecular weight is 174 g/mol. The highest BCUT2D eigenvalue weighted by atomic mass is 14.0. The first-order chi connectivity index (χ1) is 6.08. The van der Waals surface area contributed by atoms with Gasteiger partial charge in [0.15, 0.2) is 0 Å². The molecule has 0 heteroatoms. The van der Waals surface area contributed by atoms with Crippen LogP contribution in [0.1, 0.15) is 30.0 Å². The molecule has 1 aromatic carbocycles. The quantitative estimate of drug-likeness (QED) is 0.611. The first kappa shape index (κ1) is 10.0. The van der Waals surface area contributed by atoms with E-state index in [0.717, 1.165) is 12.8 Å². The number of allylic oxidation sites excluding steroid dienone is 1. The zero-order valence-electron chi connectivity index (χ0n) is 8.85. The summed E-state index contributed by atoms with van der Waals surface area (Å²) in [5, 5.41) is 0. The Bertz CT molecular complexity index is 288. The van der Waals surface area contributed by atoms with Crippen LogP contribution >= 0.6 is 0 Å². The molecule has 0 fully saturated rings. The third-order valence-corrected chi connectivity index (χ3v) is 2.12. The molecule has 0 unspecified atom stereocenters. The molecule has 0 N–H and O–H groups in total. The van der Waals surface area contributed by atoms with E-state index in [1.54, 1.807) is 0 Å². The fourth-order valence-corrected chi connectivity index (χ4v) is 1.57. The van der Waals surface area contributed by atoms with Crippen LogP contribution in [0, 0.1) is 13.8 Å². The van der Waals surface area contributed by atoms with Crippen molar-refractivity contribution in [3.8, 4) is 0 Å². The van der Waals surface area contributed by atoms with Gasteiger partial charge in [0.2, 0.25) is 0 Å². The van der Waals surface area contributed by atoms with Gasteiger partial charge in [0.1, 0.15) is 0 Å². The lowest BCUT2D eigenvalue weighted by molar-refractivity contribution is 0.942. The highest BCUT2D eigenvalue weighted by molar-refractivity contribution is 5.28. The highest BCUT2D eigenvalue weighted by Gasteiger charge is 1.96. The van der Waals surface area contributed by atoms with Crippen molar-refractivity contribution in [1.82, 2.24) is 0 Å². The summed E-state index contributed by atoms with van der Waals surface area (Å²) in [6, 6.07) is 6.73. The highest BCUT2D eigenvalue weighted by Crippen LogP contribution is 2.12. The Morgan fingerprint density at radius 3 is 2.15 bits per heavy atom. The van der Waals surface area contributed by atoms with E-state index in [9.17, 15) is 0 Å². The molecule has 1 rings (SSSR count). The molecule has 0 atom stereocenters. The molecule has 0 saturated carbocycles. The van der Waals surface area contributed by atoms with Crippen LogP contribution in [0.15, 0.2) is 30.4 Å². The molecule has 0 bridgehead atoms. The molecule has 0 saturated heterocycles. The molecule has 13 heavy (non-hydrogen) atoms. The Hall–Kier alpha value is -1.04. The van der Waals surface area contributed by atoms with Crippen molar-refractivity contribution in [1.29, 1.82) is 0 Å². The number of rotatable bonds is 3. The minimum absolute atomic E-state index is 1.10. The zero-order valence-corrected chi connectivity index (χ0v) is 8.85. The van der Waals surface area contributed by atoms with Crippen LogP contribution in [-0.2, 0) is 6.42 Å². The number of hydrogen-bond acceptors (Lipinski definition) is 0. The monoisotopic (exact) mass is 174 g/mol. The molecule has 0 aliphatic carbocycles. The van der Waals surface area contributed by atoms with Gasteiger partial charge in [-0.3, -0.25) is 0 Å². The summed E-state index contributed by atoms with van der Waals surface area (Å²) in [6.45, 7) is 10.3. The second kappa shape index (κ2) is 4.27. The van der Waals surface area contributed by atoms with Crippen LogP contribution in [0.4, 0.5) is 0 Å². The van der Waals surface area contributed by atoms with Gasteiger partial charge in [-0.1, -0.05) is 34.9 Å². The summed E-state index contributed by atoms with van der Waals surface area (Å²) < 4.78 is 0. The summed E-state index contributed by atoms with van der Waals surface area (Å²) in [7, 11) is 0. The van der Waals surface area contributed by atoms with Gasteiger partial charge in [0.05, 0.1) is 0 Å². The Labute approximate surface area is 81.3 Å². The van der Waals surface area contributed by atoms with E-state index in [2.05, 4.69) is 45.5 Å². The molecule has 0 aliphatic rings. The summed E-state index contributed by atoms with van der Waals surface area (Å²) in [6.07, 6.45) is 2.22. The predicted molar refractivity (Wildman–Crippen MR) is 59.1 cm³/mol. The van der Waals surface area contributed by atoms with E-state index in [1.807, 2.05) is 0 Å². The lowest BCUT2D eigenvalue weighted by atomic mass is 10.0. The van der Waals surface area contributed by atoms with Crippen LogP contribution < -0.4 is 0 Å². The van der Waals surface area contributed by atoms with Crippen LogP contribution in [0.5, 0.6) is 0 Å². The van der Waals surface area contributed by atoms with Crippen molar-refractivity contribution >= 4 is 0 Å². The van der Waals surface area contributed by atoms with Gasteiger partial charge >= 0.3 is 0 Å². The summed E-state index contributed by atoms with van der Waals surface area (Å²) in [5.74, 6) is 0. The fourth-order valence-electron chi connectivity index (χ4n) is 1.57. The van der Waals surface area contributed by atoms with E-state index in [1.165, 1.54) is 22.3 Å². The minimum Gasteiger partial charge on any atom is -0.100 e. The number of hydrogen-bond donors (Lipinski definition) is 0. The molecule has 0 aromatic heterocycles. The topological polar surface area (TPSA) is 0 Å². The Kier molecular flexibility index (Phi) is 3.30. The Morgan fingerprint density at radius 1 is 1.15 bits per heavy atom. The standard InChI is InChI=1S/C13H18/c1-10(2)5-6-13-8-11(3)7-12(4)9-13/h7-9H,1,5-6H2,2-4H3. The first-order valence-electron chi connectivity index (χ1n) is 4.79. The largest absolute Gasteiger partial charge is 0.100 e. The molecule has 0 spiro atoms. The van der Waals surface area contributed by atoms with E-state index in [-0.39, 0.29) is 0 Å². The maximum atomic E-state index is 3.92. The van der Waals surface area contributed by atoms with Crippen molar-refractivity contribution in [3.05, 3.63) is 47.0 Å². The number of aryl methyl sites for hydroxylation is 3. The Balaban J connectivity index is 2.71. The van der Waals surface area contributed by atoms with Crippen LogP contribution in [0.3, 0.4) is 0 Å². The van der Waals surface area contributed by atoms with E-state index >= 15 is 0 Å². The van der Waals surface area contributed by atoms with Crippen molar-refractivity contribution < 1.29 is 0 Å². The average Bonchev–Trinajstić information content (AvgIpc) is 1.99. The second-order valence-electron chi connectivity index (χ2n) is 3.95. The van der Waals surface area contributed by atoms with Crippen molar-refractivity contribution in [2.45, 2.75) is 33.6 Å². The van der Waals surface area contributed by atoms with E-state index < -0.39 is 0 Å². The first-order valence-corrected chi connectivity index (χ1v) is 4.79. The van der Waals surface area contributed by atoms with Crippen LogP contribution in [0.25, 0.3) is 0 Å². The van der Waals surface area contributed by atoms with Crippen LogP contribution in [-0.4, -0.2) is 0 Å². The lowest BCUT2D eigenvalue weighted by Crippen LogP contribution is -1.88. The molecule has 0 heterocycles. The zero-order chi connectivity index (χ0) is 9.84. The molecule has 0 radical (unpaired) electrons. The maximum absolute atomic E-state index is 3.92. The molecule has 0 nitrogen and oxygen atoms in total. The van der Waals surface area contributed by atoms with Crippen molar-refractivity contribution in [2.24, 2.45) is 0 Å².